The Hall–Kier alpha value is -3.17. The molecule has 0 spiro atoms. The first-order valence-corrected chi connectivity index (χ1v) is 10.3. The van der Waals surface area contributed by atoms with Crippen LogP contribution in [-0.2, 0) is 6.54 Å². The minimum Gasteiger partial charge on any atom is -0.440 e. The van der Waals surface area contributed by atoms with Crippen LogP contribution in [-0.4, -0.2) is 38.2 Å². The lowest BCUT2D eigenvalue weighted by atomic mass is 10.1. The summed E-state index contributed by atoms with van der Waals surface area (Å²) in [6, 6.07) is 9.33. The molecular weight excluding hydrogens is 402 g/mol. The number of hydrogen-bond acceptors (Lipinski definition) is 7. The molecule has 3 N–H and O–H groups in total. The molecule has 0 radical (unpaired) electrons. The second-order valence-electron chi connectivity index (χ2n) is 7.65. The van der Waals surface area contributed by atoms with Gasteiger partial charge in [0.1, 0.15) is 0 Å². The van der Waals surface area contributed by atoms with Gasteiger partial charge in [-0.3, -0.25) is 10.1 Å². The average molecular weight is 426 g/mol. The van der Waals surface area contributed by atoms with E-state index in [4.69, 9.17) is 4.42 Å². The van der Waals surface area contributed by atoms with Crippen molar-refractivity contribution in [2.24, 2.45) is 0 Å². The van der Waals surface area contributed by atoms with Crippen LogP contribution in [0.4, 0.5) is 11.6 Å². The van der Waals surface area contributed by atoms with E-state index in [0.29, 0.717) is 22.5 Å². The van der Waals surface area contributed by atoms with Crippen molar-refractivity contribution < 1.29 is 14.3 Å². The standard InChI is InChI=1S/C21H23N5O3S/c1-12-23-10-16(29-12)17-7-8-18(30-17)19(27)25-20-24-14-9-13(22-4)5-6-15(14)26(20)11-21(2,3)28/h5-10,22,28H,11H2,1-4H3,(H,24,25,27). The molecule has 0 saturated heterocycles. The minimum atomic E-state index is -0.977. The number of benzene rings is 1. The fraction of sp³-hybridized carbons (Fsp3) is 0.286. The summed E-state index contributed by atoms with van der Waals surface area (Å²) < 4.78 is 7.35. The smallest absolute Gasteiger partial charge is 0.268 e. The lowest BCUT2D eigenvalue weighted by molar-refractivity contribution is 0.0630. The van der Waals surface area contributed by atoms with Crippen LogP contribution in [0.25, 0.3) is 21.7 Å². The van der Waals surface area contributed by atoms with Gasteiger partial charge in [0.25, 0.3) is 5.91 Å². The summed E-state index contributed by atoms with van der Waals surface area (Å²) in [5.41, 5.74) is 1.49. The SMILES string of the molecule is CNc1ccc2c(c1)nc(NC(=O)c1ccc(-c3cnc(C)o3)s1)n2CC(C)(C)O. The van der Waals surface area contributed by atoms with Crippen LogP contribution in [0, 0.1) is 6.92 Å². The zero-order chi connectivity index (χ0) is 21.5. The van der Waals surface area contributed by atoms with E-state index in [2.05, 4.69) is 20.6 Å². The number of aliphatic hydroxyl groups is 1. The van der Waals surface area contributed by atoms with E-state index in [-0.39, 0.29) is 12.5 Å². The average Bonchev–Trinajstić information content (AvgIpc) is 3.40. The van der Waals surface area contributed by atoms with E-state index in [0.717, 1.165) is 21.6 Å². The second-order valence-corrected chi connectivity index (χ2v) is 8.73. The predicted octanol–water partition coefficient (Wildman–Crippen LogP) is 4.13. The Morgan fingerprint density at radius 1 is 1.30 bits per heavy atom. The number of nitrogens with one attached hydrogen (secondary N) is 2. The molecule has 9 heteroatoms. The van der Waals surface area contributed by atoms with E-state index in [9.17, 15) is 9.90 Å². The van der Waals surface area contributed by atoms with Gasteiger partial charge in [0.05, 0.1) is 39.1 Å². The highest BCUT2D eigenvalue weighted by Gasteiger charge is 2.22. The van der Waals surface area contributed by atoms with Gasteiger partial charge in [-0.15, -0.1) is 11.3 Å². The van der Waals surface area contributed by atoms with Gasteiger partial charge in [-0.1, -0.05) is 0 Å². The molecule has 0 fully saturated rings. The summed E-state index contributed by atoms with van der Waals surface area (Å²) in [7, 11) is 1.84. The van der Waals surface area contributed by atoms with Crippen molar-refractivity contribution in [3.8, 4) is 10.6 Å². The van der Waals surface area contributed by atoms with Gasteiger partial charge in [0, 0.05) is 19.7 Å². The first-order chi connectivity index (χ1) is 14.2. The molecule has 4 rings (SSSR count). The maximum Gasteiger partial charge on any atom is 0.268 e. The van der Waals surface area contributed by atoms with Gasteiger partial charge < -0.3 is 19.4 Å². The summed E-state index contributed by atoms with van der Waals surface area (Å²) in [5, 5.41) is 16.3. The predicted molar refractivity (Wildman–Crippen MR) is 118 cm³/mol. The topological polar surface area (TPSA) is 105 Å². The Bertz CT molecular complexity index is 1220. The maximum absolute atomic E-state index is 12.9. The van der Waals surface area contributed by atoms with Crippen molar-refractivity contribution in [1.82, 2.24) is 14.5 Å². The zero-order valence-electron chi connectivity index (χ0n) is 17.2. The number of amides is 1. The van der Waals surface area contributed by atoms with Crippen molar-refractivity contribution in [2.45, 2.75) is 32.9 Å². The normalized spacial score (nSPS) is 11.8. The molecule has 0 unspecified atom stereocenters. The third-order valence-electron chi connectivity index (χ3n) is 4.50. The third kappa shape index (κ3) is 4.07. The summed E-state index contributed by atoms with van der Waals surface area (Å²) in [6.07, 6.45) is 1.64. The van der Waals surface area contributed by atoms with Crippen molar-refractivity contribution in [1.29, 1.82) is 0 Å². The second kappa shape index (κ2) is 7.58. The fourth-order valence-electron chi connectivity index (χ4n) is 3.16. The van der Waals surface area contributed by atoms with Gasteiger partial charge in [-0.2, -0.15) is 0 Å². The molecule has 156 valence electrons. The van der Waals surface area contributed by atoms with Crippen LogP contribution in [0.3, 0.4) is 0 Å². The van der Waals surface area contributed by atoms with Crippen LogP contribution in [0.5, 0.6) is 0 Å². The van der Waals surface area contributed by atoms with Crippen molar-refractivity contribution in [3.05, 3.63) is 47.3 Å². The molecule has 0 aliphatic rings. The number of anilines is 2. The number of imidazole rings is 1. The monoisotopic (exact) mass is 425 g/mol. The highest BCUT2D eigenvalue weighted by molar-refractivity contribution is 7.17. The molecule has 8 nitrogen and oxygen atoms in total. The fourth-order valence-corrected chi connectivity index (χ4v) is 4.01. The van der Waals surface area contributed by atoms with E-state index in [1.807, 2.05) is 35.9 Å². The number of nitrogens with zero attached hydrogens (tertiary/aromatic N) is 3. The van der Waals surface area contributed by atoms with Crippen LogP contribution in [0.2, 0.25) is 0 Å². The number of fused-ring (bicyclic) bond motifs is 1. The number of carbonyl (C=O) groups is 1. The number of thiophene rings is 1. The van der Waals surface area contributed by atoms with E-state index < -0.39 is 5.60 Å². The quantitative estimate of drug-likeness (QED) is 0.429. The Kier molecular flexibility index (Phi) is 5.08. The highest BCUT2D eigenvalue weighted by atomic mass is 32.1. The molecule has 3 aromatic heterocycles. The Morgan fingerprint density at radius 2 is 2.10 bits per heavy atom. The van der Waals surface area contributed by atoms with Crippen molar-refractivity contribution in [3.63, 3.8) is 0 Å². The Balaban J connectivity index is 1.66. The summed E-state index contributed by atoms with van der Waals surface area (Å²) in [5.74, 6) is 1.32. The lowest BCUT2D eigenvalue weighted by Gasteiger charge is -2.20. The number of oxazole rings is 1. The Morgan fingerprint density at radius 3 is 2.77 bits per heavy atom. The lowest BCUT2D eigenvalue weighted by Crippen LogP contribution is -2.27. The number of carbonyl (C=O) groups excluding carboxylic acids is 1. The van der Waals surface area contributed by atoms with Gasteiger partial charge in [-0.25, -0.2) is 9.97 Å². The van der Waals surface area contributed by atoms with E-state index in [1.54, 1.807) is 33.0 Å². The third-order valence-corrected chi connectivity index (χ3v) is 5.60. The molecule has 4 aromatic rings. The molecule has 0 aliphatic carbocycles. The summed E-state index contributed by atoms with van der Waals surface area (Å²) >= 11 is 1.32. The highest BCUT2D eigenvalue weighted by Crippen LogP contribution is 2.30. The zero-order valence-corrected chi connectivity index (χ0v) is 18.0. The van der Waals surface area contributed by atoms with E-state index >= 15 is 0 Å². The van der Waals surface area contributed by atoms with Gasteiger partial charge in [0.15, 0.2) is 11.7 Å². The minimum absolute atomic E-state index is 0.274. The largest absolute Gasteiger partial charge is 0.440 e. The molecule has 0 saturated carbocycles. The molecular formula is C21H23N5O3S. The van der Waals surface area contributed by atoms with Gasteiger partial charge >= 0.3 is 0 Å². The number of hydrogen-bond donors (Lipinski definition) is 3. The van der Waals surface area contributed by atoms with Crippen LogP contribution >= 0.6 is 11.3 Å². The maximum atomic E-state index is 12.9. The molecule has 0 aliphatic heterocycles. The number of rotatable bonds is 6. The van der Waals surface area contributed by atoms with Gasteiger partial charge in [-0.05, 0) is 44.2 Å². The number of aromatic nitrogens is 3. The van der Waals surface area contributed by atoms with Crippen molar-refractivity contribution in [2.75, 3.05) is 17.7 Å². The molecule has 1 amide bonds. The van der Waals surface area contributed by atoms with Crippen LogP contribution in [0.15, 0.2) is 40.9 Å². The molecule has 0 bridgehead atoms. The molecule has 30 heavy (non-hydrogen) atoms. The Labute approximate surface area is 177 Å². The van der Waals surface area contributed by atoms with Crippen LogP contribution in [0.1, 0.15) is 29.4 Å². The van der Waals surface area contributed by atoms with Gasteiger partial charge in [0.2, 0.25) is 5.95 Å². The van der Waals surface area contributed by atoms with Crippen molar-refractivity contribution >= 4 is 39.9 Å². The summed E-state index contributed by atoms with van der Waals surface area (Å²) in [4.78, 5) is 22.9. The first-order valence-electron chi connectivity index (χ1n) is 9.48. The number of aryl methyl sites for hydroxylation is 1. The van der Waals surface area contributed by atoms with Crippen LogP contribution < -0.4 is 10.6 Å². The molecule has 3 heterocycles. The summed E-state index contributed by atoms with van der Waals surface area (Å²) in [6.45, 7) is 5.50. The first kappa shape index (κ1) is 20.1. The molecule has 1 aromatic carbocycles. The van der Waals surface area contributed by atoms with E-state index in [1.165, 1.54) is 11.3 Å². The molecule has 0 atom stereocenters.